The van der Waals surface area contributed by atoms with Crippen LogP contribution in [0.3, 0.4) is 0 Å². The van der Waals surface area contributed by atoms with Crippen molar-refractivity contribution in [1.82, 2.24) is 0 Å². The summed E-state index contributed by atoms with van der Waals surface area (Å²) in [6, 6.07) is 13.6. The van der Waals surface area contributed by atoms with Crippen LogP contribution in [0.4, 0.5) is 5.69 Å². The van der Waals surface area contributed by atoms with Crippen LogP contribution in [-0.2, 0) is 11.3 Å². The number of hydrogen-bond donors (Lipinski definition) is 1. The quantitative estimate of drug-likeness (QED) is 0.854. The van der Waals surface area contributed by atoms with Gasteiger partial charge in [0.2, 0.25) is 0 Å². The van der Waals surface area contributed by atoms with Gasteiger partial charge in [-0.05, 0) is 48.4 Å². The van der Waals surface area contributed by atoms with E-state index in [-0.39, 0.29) is 5.97 Å². The Balaban J connectivity index is 2.08. The predicted octanol–water partition coefficient (Wildman–Crippen LogP) is 4.16. The number of hydrogen-bond acceptors (Lipinski definition) is 3. The molecule has 0 amide bonds. The number of rotatable bonds is 4. The minimum Gasteiger partial charge on any atom is -0.465 e. The molecule has 104 valence electrons. The first-order valence-corrected chi connectivity index (χ1v) is 7.06. The van der Waals surface area contributed by atoms with Crippen molar-refractivity contribution in [3.05, 3.63) is 63.6 Å². The number of carbonyl (C=O) groups is 1. The molecule has 0 spiro atoms. The van der Waals surface area contributed by atoms with Gasteiger partial charge in [-0.15, -0.1) is 0 Å². The van der Waals surface area contributed by atoms with Gasteiger partial charge in [0, 0.05) is 16.7 Å². The van der Waals surface area contributed by atoms with Crippen molar-refractivity contribution >= 4 is 27.6 Å². The van der Waals surface area contributed by atoms with Gasteiger partial charge in [-0.25, -0.2) is 4.79 Å². The summed E-state index contributed by atoms with van der Waals surface area (Å²) in [5.74, 6) is -0.313. The van der Waals surface area contributed by atoms with Crippen molar-refractivity contribution in [2.45, 2.75) is 13.5 Å². The number of anilines is 1. The molecule has 0 aliphatic rings. The second-order valence-electron chi connectivity index (χ2n) is 4.50. The van der Waals surface area contributed by atoms with Crippen molar-refractivity contribution in [3.63, 3.8) is 0 Å². The zero-order valence-corrected chi connectivity index (χ0v) is 13.0. The molecule has 0 aromatic heterocycles. The molecule has 0 bridgehead atoms. The van der Waals surface area contributed by atoms with E-state index >= 15 is 0 Å². The Bertz CT molecular complexity index is 626. The number of benzene rings is 2. The first kappa shape index (κ1) is 14.6. The van der Waals surface area contributed by atoms with Crippen LogP contribution in [0.5, 0.6) is 0 Å². The molecular formula is C16H16BrNO2. The third kappa shape index (κ3) is 3.61. The molecule has 0 aliphatic carbocycles. The summed E-state index contributed by atoms with van der Waals surface area (Å²) >= 11 is 3.46. The highest BCUT2D eigenvalue weighted by molar-refractivity contribution is 9.10. The highest BCUT2D eigenvalue weighted by atomic mass is 79.9. The van der Waals surface area contributed by atoms with Gasteiger partial charge in [0.1, 0.15) is 0 Å². The van der Waals surface area contributed by atoms with Gasteiger partial charge < -0.3 is 10.1 Å². The summed E-state index contributed by atoms with van der Waals surface area (Å²) in [6.07, 6.45) is 0. The molecule has 2 rings (SSSR count). The Kier molecular flexibility index (Phi) is 4.79. The van der Waals surface area contributed by atoms with E-state index in [2.05, 4.69) is 33.4 Å². The normalized spacial score (nSPS) is 10.2. The van der Waals surface area contributed by atoms with Gasteiger partial charge in [-0.3, -0.25) is 0 Å². The van der Waals surface area contributed by atoms with Crippen molar-refractivity contribution in [2.75, 3.05) is 12.4 Å². The molecule has 0 saturated carbocycles. The first-order chi connectivity index (χ1) is 9.60. The molecule has 0 unspecified atom stereocenters. The molecule has 0 fully saturated rings. The summed E-state index contributed by atoms with van der Waals surface area (Å²) in [5, 5.41) is 3.37. The maximum atomic E-state index is 11.4. The van der Waals surface area contributed by atoms with E-state index < -0.39 is 0 Å². The highest BCUT2D eigenvalue weighted by Crippen LogP contribution is 2.19. The molecule has 0 aliphatic heterocycles. The van der Waals surface area contributed by atoms with Gasteiger partial charge in [0.25, 0.3) is 0 Å². The highest BCUT2D eigenvalue weighted by Gasteiger charge is 2.07. The lowest BCUT2D eigenvalue weighted by molar-refractivity contribution is 0.0600. The lowest BCUT2D eigenvalue weighted by atomic mass is 10.1. The van der Waals surface area contributed by atoms with Crippen molar-refractivity contribution in [3.8, 4) is 0 Å². The van der Waals surface area contributed by atoms with E-state index in [1.165, 1.54) is 12.7 Å². The summed E-state index contributed by atoms with van der Waals surface area (Å²) < 4.78 is 5.77. The summed E-state index contributed by atoms with van der Waals surface area (Å²) in [5.41, 5.74) is 3.79. The van der Waals surface area contributed by atoms with E-state index in [4.69, 9.17) is 4.74 Å². The third-order valence-corrected chi connectivity index (χ3v) is 3.51. The Morgan fingerprint density at radius 3 is 2.70 bits per heavy atom. The lowest BCUT2D eigenvalue weighted by Crippen LogP contribution is -2.04. The molecule has 20 heavy (non-hydrogen) atoms. The van der Waals surface area contributed by atoms with Crippen LogP contribution in [0.2, 0.25) is 0 Å². The SMILES string of the molecule is COC(=O)c1ccc(NCc2cccc(Br)c2)c(C)c1. The van der Waals surface area contributed by atoms with Crippen molar-refractivity contribution in [1.29, 1.82) is 0 Å². The number of nitrogens with one attached hydrogen (secondary N) is 1. The molecule has 0 radical (unpaired) electrons. The average Bonchev–Trinajstić information content (AvgIpc) is 2.45. The third-order valence-electron chi connectivity index (χ3n) is 3.02. The van der Waals surface area contributed by atoms with E-state index in [1.54, 1.807) is 6.07 Å². The number of carbonyl (C=O) groups excluding carboxylic acids is 1. The van der Waals surface area contributed by atoms with Crippen molar-refractivity contribution < 1.29 is 9.53 Å². The average molecular weight is 334 g/mol. The van der Waals surface area contributed by atoms with Crippen LogP contribution < -0.4 is 5.32 Å². The Morgan fingerprint density at radius 1 is 1.25 bits per heavy atom. The Labute approximate surface area is 127 Å². The standard InChI is InChI=1S/C16H16BrNO2/c1-11-8-13(16(19)20-2)6-7-15(11)18-10-12-4-3-5-14(17)9-12/h3-9,18H,10H2,1-2H3. The van der Waals surface area contributed by atoms with Gasteiger partial charge in [-0.2, -0.15) is 0 Å². The summed E-state index contributed by atoms with van der Waals surface area (Å²) in [4.78, 5) is 11.4. The number of esters is 1. The number of methoxy groups -OCH3 is 1. The second-order valence-corrected chi connectivity index (χ2v) is 5.42. The van der Waals surface area contributed by atoms with Gasteiger partial charge >= 0.3 is 5.97 Å². The molecule has 0 atom stereocenters. The molecule has 1 N–H and O–H groups in total. The van der Waals surface area contributed by atoms with Crippen LogP contribution in [0.1, 0.15) is 21.5 Å². The Morgan fingerprint density at radius 2 is 2.05 bits per heavy atom. The van der Waals surface area contributed by atoms with Gasteiger partial charge in [0.15, 0.2) is 0 Å². The minimum atomic E-state index is -0.313. The Hall–Kier alpha value is -1.81. The fourth-order valence-electron chi connectivity index (χ4n) is 1.95. The lowest BCUT2D eigenvalue weighted by Gasteiger charge is -2.11. The van der Waals surface area contributed by atoms with Gasteiger partial charge in [0.05, 0.1) is 12.7 Å². The fraction of sp³-hybridized carbons (Fsp3) is 0.188. The van der Waals surface area contributed by atoms with E-state index in [0.717, 1.165) is 22.3 Å². The van der Waals surface area contributed by atoms with Crippen LogP contribution in [0.15, 0.2) is 46.9 Å². The van der Waals surface area contributed by atoms with E-state index in [9.17, 15) is 4.79 Å². The minimum absolute atomic E-state index is 0.313. The second kappa shape index (κ2) is 6.57. The molecule has 2 aromatic rings. The number of ether oxygens (including phenoxy) is 1. The predicted molar refractivity (Wildman–Crippen MR) is 84.0 cm³/mol. The van der Waals surface area contributed by atoms with Crippen LogP contribution >= 0.6 is 15.9 Å². The van der Waals surface area contributed by atoms with Crippen LogP contribution in [-0.4, -0.2) is 13.1 Å². The summed E-state index contributed by atoms with van der Waals surface area (Å²) in [7, 11) is 1.39. The maximum Gasteiger partial charge on any atom is 0.337 e. The molecule has 0 saturated heterocycles. The van der Waals surface area contributed by atoms with E-state index in [0.29, 0.717) is 5.56 Å². The van der Waals surface area contributed by atoms with Crippen molar-refractivity contribution in [2.24, 2.45) is 0 Å². The largest absolute Gasteiger partial charge is 0.465 e. The number of aryl methyl sites for hydroxylation is 1. The molecule has 4 heteroatoms. The van der Waals surface area contributed by atoms with E-state index in [1.807, 2.05) is 31.2 Å². The molecular weight excluding hydrogens is 318 g/mol. The molecule has 3 nitrogen and oxygen atoms in total. The summed E-state index contributed by atoms with van der Waals surface area (Å²) in [6.45, 7) is 2.70. The van der Waals surface area contributed by atoms with Gasteiger partial charge in [-0.1, -0.05) is 28.1 Å². The van der Waals surface area contributed by atoms with Crippen LogP contribution in [0.25, 0.3) is 0 Å². The maximum absolute atomic E-state index is 11.4. The molecule has 0 heterocycles. The number of halogens is 1. The smallest absolute Gasteiger partial charge is 0.337 e. The molecule has 2 aromatic carbocycles. The van der Waals surface area contributed by atoms with Crippen LogP contribution in [0, 0.1) is 6.92 Å². The zero-order chi connectivity index (χ0) is 14.5. The fourth-order valence-corrected chi connectivity index (χ4v) is 2.40. The zero-order valence-electron chi connectivity index (χ0n) is 11.4. The topological polar surface area (TPSA) is 38.3 Å². The first-order valence-electron chi connectivity index (χ1n) is 6.27. The monoisotopic (exact) mass is 333 g/mol.